The van der Waals surface area contributed by atoms with E-state index < -0.39 is 10.0 Å². The zero-order chi connectivity index (χ0) is 17.7. The normalized spacial score (nSPS) is 15.6. The molecule has 134 valence electrons. The van der Waals surface area contributed by atoms with Crippen molar-refractivity contribution in [3.8, 4) is 5.75 Å². The summed E-state index contributed by atoms with van der Waals surface area (Å²) in [6, 6.07) is 10.2. The molecule has 0 unspecified atom stereocenters. The summed E-state index contributed by atoms with van der Waals surface area (Å²) in [5.41, 5.74) is 0.916. The first-order valence-electron chi connectivity index (χ1n) is 8.46. The van der Waals surface area contributed by atoms with Crippen LogP contribution in [0.3, 0.4) is 0 Å². The topological polar surface area (TPSA) is 80.3 Å². The van der Waals surface area contributed by atoms with Crippen molar-refractivity contribution in [3.05, 3.63) is 42.6 Å². The second kappa shape index (κ2) is 7.74. The fraction of sp³-hybridized carbons (Fsp3) is 0.389. The van der Waals surface area contributed by atoms with Crippen molar-refractivity contribution in [2.45, 2.75) is 43.0 Å². The minimum atomic E-state index is -3.67. The molecule has 1 aliphatic carbocycles. The average Bonchev–Trinajstić information content (AvgIpc) is 2.64. The number of pyridine rings is 1. The summed E-state index contributed by atoms with van der Waals surface area (Å²) in [5, 5.41) is 3.46. The first-order chi connectivity index (χ1) is 12.1. The number of anilines is 2. The number of methoxy groups -OCH3 is 1. The van der Waals surface area contributed by atoms with E-state index in [9.17, 15) is 8.42 Å². The highest BCUT2D eigenvalue weighted by molar-refractivity contribution is 7.92. The predicted octanol–water partition coefficient (Wildman–Crippen LogP) is 3.64. The van der Waals surface area contributed by atoms with Crippen LogP contribution in [0.15, 0.2) is 47.5 Å². The van der Waals surface area contributed by atoms with Crippen molar-refractivity contribution in [2.75, 3.05) is 17.1 Å². The number of hydrogen-bond donors (Lipinski definition) is 2. The number of sulfonamides is 1. The van der Waals surface area contributed by atoms with E-state index in [-0.39, 0.29) is 4.90 Å². The second-order valence-electron chi connectivity index (χ2n) is 6.19. The van der Waals surface area contributed by atoms with Gasteiger partial charge in [-0.05, 0) is 49.2 Å². The van der Waals surface area contributed by atoms with Crippen LogP contribution >= 0.6 is 0 Å². The smallest absolute Gasteiger partial charge is 0.263 e. The molecule has 7 heteroatoms. The van der Waals surface area contributed by atoms with Gasteiger partial charge in [-0.3, -0.25) is 4.72 Å². The van der Waals surface area contributed by atoms with Crippen LogP contribution in [0.1, 0.15) is 32.1 Å². The Balaban J connectivity index is 1.65. The highest BCUT2D eigenvalue weighted by Crippen LogP contribution is 2.22. The summed E-state index contributed by atoms with van der Waals surface area (Å²) < 4.78 is 32.3. The van der Waals surface area contributed by atoms with Gasteiger partial charge in [0.15, 0.2) is 0 Å². The van der Waals surface area contributed by atoms with Gasteiger partial charge in [0.05, 0.1) is 23.9 Å². The summed E-state index contributed by atoms with van der Waals surface area (Å²) in [7, 11) is -2.13. The molecule has 2 N–H and O–H groups in total. The summed E-state index contributed by atoms with van der Waals surface area (Å²) in [5.74, 6) is 0.903. The maximum Gasteiger partial charge on any atom is 0.263 e. The van der Waals surface area contributed by atoms with Crippen molar-refractivity contribution >= 4 is 21.5 Å². The van der Waals surface area contributed by atoms with Crippen LogP contribution in [0.2, 0.25) is 0 Å². The molecule has 2 aromatic rings. The molecule has 3 rings (SSSR count). The van der Waals surface area contributed by atoms with Crippen molar-refractivity contribution in [2.24, 2.45) is 0 Å². The van der Waals surface area contributed by atoms with Crippen LogP contribution < -0.4 is 14.8 Å². The Labute approximate surface area is 148 Å². The van der Waals surface area contributed by atoms with E-state index in [1.165, 1.54) is 51.3 Å². The molecule has 1 aromatic carbocycles. The Morgan fingerprint density at radius 2 is 1.76 bits per heavy atom. The van der Waals surface area contributed by atoms with E-state index in [4.69, 9.17) is 4.74 Å². The zero-order valence-corrected chi connectivity index (χ0v) is 15.1. The number of nitrogens with zero attached hydrogens (tertiary/aromatic N) is 1. The van der Waals surface area contributed by atoms with Crippen LogP contribution in [0, 0.1) is 0 Å². The molecule has 6 nitrogen and oxygen atoms in total. The first-order valence-corrected chi connectivity index (χ1v) is 9.94. The monoisotopic (exact) mass is 361 g/mol. The Kier molecular flexibility index (Phi) is 5.43. The summed E-state index contributed by atoms with van der Waals surface area (Å²) in [6.45, 7) is 0. The minimum Gasteiger partial charge on any atom is -0.497 e. The largest absolute Gasteiger partial charge is 0.497 e. The van der Waals surface area contributed by atoms with Crippen LogP contribution in [0.4, 0.5) is 11.5 Å². The SMILES string of the molecule is COc1ccc(S(=O)(=O)Nc2ccc(NC3CCCCC3)cn2)cc1. The lowest BCUT2D eigenvalue weighted by molar-refractivity contribution is 0.414. The lowest BCUT2D eigenvalue weighted by Crippen LogP contribution is -2.22. The molecule has 0 radical (unpaired) electrons. The molecule has 0 saturated heterocycles. The molecule has 0 aliphatic heterocycles. The number of ether oxygens (including phenoxy) is 1. The van der Waals surface area contributed by atoms with Gasteiger partial charge in [-0.25, -0.2) is 13.4 Å². The highest BCUT2D eigenvalue weighted by Gasteiger charge is 2.16. The number of aromatic nitrogens is 1. The van der Waals surface area contributed by atoms with E-state index in [1.807, 2.05) is 6.07 Å². The molecular weight excluding hydrogens is 338 g/mol. The Hall–Kier alpha value is -2.28. The van der Waals surface area contributed by atoms with Crippen molar-refractivity contribution in [1.82, 2.24) is 4.98 Å². The molecule has 0 atom stereocenters. The van der Waals surface area contributed by atoms with Gasteiger partial charge < -0.3 is 10.1 Å². The third-order valence-electron chi connectivity index (χ3n) is 4.35. The van der Waals surface area contributed by atoms with Gasteiger partial charge in [-0.15, -0.1) is 0 Å². The number of nitrogens with one attached hydrogen (secondary N) is 2. The summed E-state index contributed by atoms with van der Waals surface area (Å²) in [6.07, 6.45) is 7.83. The fourth-order valence-electron chi connectivity index (χ4n) is 2.97. The van der Waals surface area contributed by atoms with Crippen LogP contribution in [0.25, 0.3) is 0 Å². The Morgan fingerprint density at radius 3 is 2.36 bits per heavy atom. The maximum atomic E-state index is 12.4. The molecule has 1 heterocycles. The summed E-state index contributed by atoms with van der Waals surface area (Å²) in [4.78, 5) is 4.38. The van der Waals surface area contributed by atoms with E-state index in [1.54, 1.807) is 24.4 Å². The van der Waals surface area contributed by atoms with Crippen LogP contribution in [0.5, 0.6) is 5.75 Å². The van der Waals surface area contributed by atoms with Gasteiger partial charge in [-0.1, -0.05) is 19.3 Å². The number of hydrogen-bond acceptors (Lipinski definition) is 5. The molecule has 0 spiro atoms. The Morgan fingerprint density at radius 1 is 1.04 bits per heavy atom. The third kappa shape index (κ3) is 4.63. The van der Waals surface area contributed by atoms with Crippen molar-refractivity contribution < 1.29 is 13.2 Å². The number of rotatable bonds is 6. The average molecular weight is 361 g/mol. The summed E-state index contributed by atoms with van der Waals surface area (Å²) >= 11 is 0. The highest BCUT2D eigenvalue weighted by atomic mass is 32.2. The molecule has 1 aliphatic rings. The van der Waals surface area contributed by atoms with E-state index in [0.717, 1.165) is 5.69 Å². The van der Waals surface area contributed by atoms with E-state index in [2.05, 4.69) is 15.0 Å². The van der Waals surface area contributed by atoms with Gasteiger partial charge >= 0.3 is 0 Å². The van der Waals surface area contributed by atoms with Crippen LogP contribution in [-0.2, 0) is 10.0 Å². The van der Waals surface area contributed by atoms with Crippen molar-refractivity contribution in [3.63, 3.8) is 0 Å². The molecular formula is C18H23N3O3S. The molecule has 1 fully saturated rings. The quantitative estimate of drug-likeness (QED) is 0.821. The van der Waals surface area contributed by atoms with Crippen LogP contribution in [-0.4, -0.2) is 26.6 Å². The van der Waals surface area contributed by atoms with Gasteiger partial charge in [-0.2, -0.15) is 0 Å². The lowest BCUT2D eigenvalue weighted by atomic mass is 9.95. The number of benzene rings is 1. The van der Waals surface area contributed by atoms with Gasteiger partial charge in [0.2, 0.25) is 0 Å². The Bertz CT molecular complexity index is 783. The maximum absolute atomic E-state index is 12.4. The predicted molar refractivity (Wildman–Crippen MR) is 98.5 cm³/mol. The molecule has 25 heavy (non-hydrogen) atoms. The molecule has 1 aromatic heterocycles. The first kappa shape index (κ1) is 17.5. The molecule has 0 amide bonds. The molecule has 1 saturated carbocycles. The van der Waals surface area contributed by atoms with E-state index >= 15 is 0 Å². The van der Waals surface area contributed by atoms with E-state index in [0.29, 0.717) is 17.6 Å². The van der Waals surface area contributed by atoms with Gasteiger partial charge in [0, 0.05) is 6.04 Å². The lowest BCUT2D eigenvalue weighted by Gasteiger charge is -2.23. The second-order valence-corrected chi connectivity index (χ2v) is 7.87. The fourth-order valence-corrected chi connectivity index (χ4v) is 3.98. The minimum absolute atomic E-state index is 0.166. The third-order valence-corrected chi connectivity index (χ3v) is 5.72. The van der Waals surface area contributed by atoms with Gasteiger partial charge in [0.1, 0.15) is 11.6 Å². The standard InChI is InChI=1S/C18H23N3O3S/c1-24-16-8-10-17(11-9-16)25(22,23)21-18-12-7-15(13-19-18)20-14-5-3-2-4-6-14/h7-14,20H,2-6H2,1H3,(H,19,21). The zero-order valence-electron chi connectivity index (χ0n) is 14.2. The van der Waals surface area contributed by atoms with Crippen molar-refractivity contribution in [1.29, 1.82) is 0 Å². The van der Waals surface area contributed by atoms with Gasteiger partial charge in [0.25, 0.3) is 10.0 Å². The molecule has 0 bridgehead atoms.